The quantitative estimate of drug-likeness (QED) is 0.548. The van der Waals surface area contributed by atoms with Crippen LogP contribution in [-0.2, 0) is 9.47 Å². The highest BCUT2D eigenvalue weighted by molar-refractivity contribution is 5.28. The Balaban J connectivity index is 2.07. The number of hydrogen-bond acceptors (Lipinski definition) is 3. The van der Waals surface area contributed by atoms with Crippen molar-refractivity contribution in [3.8, 4) is 0 Å². The summed E-state index contributed by atoms with van der Waals surface area (Å²) < 4.78 is 10.7. The minimum atomic E-state index is -0.666. The van der Waals surface area contributed by atoms with Crippen molar-refractivity contribution in [2.75, 3.05) is 6.61 Å². The zero-order chi connectivity index (χ0) is 7.42. The number of ether oxygens (including phenoxy) is 2. The Bertz CT molecular complexity index is 233. The molecule has 60 valence electrons. The highest BCUT2D eigenvalue weighted by Gasteiger charge is 2.48. The fraction of sp³-hybridized carbons (Fsp3) is 0.750. The molecule has 0 aromatic heterocycles. The molecule has 3 unspecified atom stereocenters. The molecule has 0 aromatic carbocycles. The monoisotopic (exact) mass is 154 g/mol. The Morgan fingerprint density at radius 2 is 2.36 bits per heavy atom. The molecule has 3 aliphatic rings. The van der Waals surface area contributed by atoms with Gasteiger partial charge in [0.2, 0.25) is 0 Å². The first-order valence-electron chi connectivity index (χ1n) is 4.05. The SMILES string of the molecule is OC1OCC2C1=C1CCC2O1. The summed E-state index contributed by atoms with van der Waals surface area (Å²) in [5.74, 6) is 1.37. The molecular weight excluding hydrogens is 144 g/mol. The third kappa shape index (κ3) is 0.607. The van der Waals surface area contributed by atoms with E-state index in [0.29, 0.717) is 18.6 Å². The summed E-state index contributed by atoms with van der Waals surface area (Å²) in [4.78, 5) is 0. The van der Waals surface area contributed by atoms with Crippen LogP contribution < -0.4 is 0 Å². The molecule has 0 amide bonds. The number of hydrogen-bond donors (Lipinski definition) is 1. The van der Waals surface area contributed by atoms with Crippen molar-refractivity contribution < 1.29 is 14.6 Å². The van der Waals surface area contributed by atoms with Gasteiger partial charge in [0, 0.05) is 17.9 Å². The van der Waals surface area contributed by atoms with Gasteiger partial charge in [0.25, 0.3) is 0 Å². The molecule has 3 rings (SSSR count). The molecule has 3 aliphatic heterocycles. The van der Waals surface area contributed by atoms with Gasteiger partial charge >= 0.3 is 0 Å². The zero-order valence-electron chi connectivity index (χ0n) is 6.12. The summed E-state index contributed by atoms with van der Waals surface area (Å²) >= 11 is 0. The van der Waals surface area contributed by atoms with Crippen LogP contribution in [-0.4, -0.2) is 24.1 Å². The van der Waals surface area contributed by atoms with E-state index in [4.69, 9.17) is 9.47 Å². The third-order valence-electron chi connectivity index (χ3n) is 2.82. The van der Waals surface area contributed by atoms with E-state index in [-0.39, 0.29) is 0 Å². The lowest BCUT2D eigenvalue weighted by atomic mass is 9.90. The van der Waals surface area contributed by atoms with Gasteiger partial charge in [-0.1, -0.05) is 0 Å². The fourth-order valence-corrected chi connectivity index (χ4v) is 2.28. The highest BCUT2D eigenvalue weighted by atomic mass is 16.6. The summed E-state index contributed by atoms with van der Waals surface area (Å²) in [6.45, 7) is 0.644. The van der Waals surface area contributed by atoms with E-state index in [1.165, 1.54) is 0 Å². The van der Waals surface area contributed by atoms with E-state index in [2.05, 4.69) is 0 Å². The number of fused-ring (bicyclic) bond motifs is 4. The normalized spacial score (nSPS) is 46.5. The van der Waals surface area contributed by atoms with Crippen LogP contribution in [0, 0.1) is 5.92 Å². The average molecular weight is 154 g/mol. The van der Waals surface area contributed by atoms with Gasteiger partial charge in [-0.25, -0.2) is 0 Å². The van der Waals surface area contributed by atoms with Crippen LogP contribution in [0.2, 0.25) is 0 Å². The molecule has 11 heavy (non-hydrogen) atoms. The smallest absolute Gasteiger partial charge is 0.181 e. The molecule has 2 bridgehead atoms. The number of rotatable bonds is 0. The number of aliphatic hydroxyl groups is 1. The van der Waals surface area contributed by atoms with Gasteiger partial charge in [-0.15, -0.1) is 0 Å². The molecular formula is C8H10O3. The highest BCUT2D eigenvalue weighted by Crippen LogP contribution is 2.46. The molecule has 3 heteroatoms. The third-order valence-corrected chi connectivity index (χ3v) is 2.82. The van der Waals surface area contributed by atoms with Crippen LogP contribution in [0.15, 0.2) is 11.3 Å². The Morgan fingerprint density at radius 1 is 1.45 bits per heavy atom. The van der Waals surface area contributed by atoms with E-state index in [9.17, 15) is 5.11 Å². The Kier molecular flexibility index (Phi) is 0.980. The Hall–Kier alpha value is -0.540. The maximum atomic E-state index is 9.36. The van der Waals surface area contributed by atoms with Gasteiger partial charge < -0.3 is 14.6 Å². The van der Waals surface area contributed by atoms with Gasteiger partial charge in [-0.2, -0.15) is 0 Å². The van der Waals surface area contributed by atoms with Crippen molar-refractivity contribution in [1.29, 1.82) is 0 Å². The molecule has 0 saturated carbocycles. The van der Waals surface area contributed by atoms with Crippen molar-refractivity contribution in [2.24, 2.45) is 5.92 Å². The molecule has 0 spiro atoms. The second kappa shape index (κ2) is 1.79. The molecule has 0 aromatic rings. The molecule has 0 radical (unpaired) electrons. The van der Waals surface area contributed by atoms with Crippen LogP contribution in [0.4, 0.5) is 0 Å². The fourth-order valence-electron chi connectivity index (χ4n) is 2.28. The first kappa shape index (κ1) is 6.03. The van der Waals surface area contributed by atoms with Crippen LogP contribution in [0.5, 0.6) is 0 Å². The van der Waals surface area contributed by atoms with Gasteiger partial charge in [0.1, 0.15) is 11.9 Å². The van der Waals surface area contributed by atoms with Crippen molar-refractivity contribution in [2.45, 2.75) is 25.2 Å². The van der Waals surface area contributed by atoms with Crippen LogP contribution in [0.1, 0.15) is 12.8 Å². The van der Waals surface area contributed by atoms with Crippen molar-refractivity contribution in [3.05, 3.63) is 11.3 Å². The molecule has 3 heterocycles. The van der Waals surface area contributed by atoms with E-state index in [1.807, 2.05) is 0 Å². The predicted octanol–water partition coefficient (Wildman–Crippen LogP) is 0.398. The largest absolute Gasteiger partial charge is 0.494 e. The topological polar surface area (TPSA) is 38.7 Å². The van der Waals surface area contributed by atoms with E-state index < -0.39 is 6.29 Å². The average Bonchev–Trinajstić information content (AvgIpc) is 2.60. The lowest BCUT2D eigenvalue weighted by molar-refractivity contribution is -0.0487. The maximum Gasteiger partial charge on any atom is 0.181 e. The summed E-state index contributed by atoms with van der Waals surface area (Å²) in [5.41, 5.74) is 1.03. The van der Waals surface area contributed by atoms with Crippen LogP contribution >= 0.6 is 0 Å². The van der Waals surface area contributed by atoms with Crippen molar-refractivity contribution in [3.63, 3.8) is 0 Å². The summed E-state index contributed by atoms with van der Waals surface area (Å²) in [5, 5.41) is 9.36. The molecule has 3 atom stereocenters. The van der Waals surface area contributed by atoms with E-state index in [0.717, 1.165) is 24.2 Å². The summed E-state index contributed by atoms with van der Waals surface area (Å²) in [7, 11) is 0. The molecule has 2 fully saturated rings. The van der Waals surface area contributed by atoms with Crippen LogP contribution in [0.3, 0.4) is 0 Å². The predicted molar refractivity (Wildman–Crippen MR) is 36.6 cm³/mol. The lowest BCUT2D eigenvalue weighted by Crippen LogP contribution is -2.18. The minimum Gasteiger partial charge on any atom is -0.494 e. The standard InChI is InChI=1S/C8H10O3/c9-8-7-4(3-10-8)5-1-2-6(7)11-5/h4-5,8-9H,1-3H2. The molecule has 0 aliphatic carbocycles. The van der Waals surface area contributed by atoms with E-state index >= 15 is 0 Å². The second-order valence-corrected chi connectivity index (χ2v) is 3.37. The number of allylic oxidation sites excluding steroid dienone is 1. The van der Waals surface area contributed by atoms with Gasteiger partial charge in [-0.3, -0.25) is 0 Å². The van der Waals surface area contributed by atoms with Gasteiger partial charge in [0.05, 0.1) is 6.61 Å². The van der Waals surface area contributed by atoms with Crippen molar-refractivity contribution in [1.82, 2.24) is 0 Å². The number of aliphatic hydroxyl groups excluding tert-OH is 1. The maximum absolute atomic E-state index is 9.36. The second-order valence-electron chi connectivity index (χ2n) is 3.37. The Morgan fingerprint density at radius 3 is 3.18 bits per heavy atom. The summed E-state index contributed by atoms with van der Waals surface area (Å²) in [6.07, 6.45) is 1.76. The molecule has 1 N–H and O–H groups in total. The summed E-state index contributed by atoms with van der Waals surface area (Å²) in [6, 6.07) is 0. The lowest BCUT2D eigenvalue weighted by Gasteiger charge is -2.10. The van der Waals surface area contributed by atoms with Gasteiger partial charge in [-0.05, 0) is 6.42 Å². The van der Waals surface area contributed by atoms with Crippen LogP contribution in [0.25, 0.3) is 0 Å². The minimum absolute atomic E-state index is 0.317. The zero-order valence-corrected chi connectivity index (χ0v) is 6.12. The van der Waals surface area contributed by atoms with Gasteiger partial charge in [0.15, 0.2) is 6.29 Å². The van der Waals surface area contributed by atoms with E-state index in [1.54, 1.807) is 0 Å². The van der Waals surface area contributed by atoms with Crippen molar-refractivity contribution >= 4 is 0 Å². The molecule has 2 saturated heterocycles. The first-order valence-corrected chi connectivity index (χ1v) is 4.05. The first-order chi connectivity index (χ1) is 5.36. The molecule has 3 nitrogen and oxygen atoms in total. The Labute approximate surface area is 64.6 Å².